The van der Waals surface area contributed by atoms with Crippen LogP contribution in [0.4, 0.5) is 0 Å². The summed E-state index contributed by atoms with van der Waals surface area (Å²) in [6.45, 7) is 5.87. The molecule has 4 nitrogen and oxygen atoms in total. The van der Waals surface area contributed by atoms with Crippen molar-refractivity contribution in [1.29, 1.82) is 0 Å². The van der Waals surface area contributed by atoms with Crippen molar-refractivity contribution in [2.75, 3.05) is 26.4 Å². The van der Waals surface area contributed by atoms with Crippen LogP contribution in [0.15, 0.2) is 0 Å². The lowest BCUT2D eigenvalue weighted by Gasteiger charge is -2.32. The molecule has 108 valence electrons. The van der Waals surface area contributed by atoms with Gasteiger partial charge in [0.25, 0.3) is 0 Å². The summed E-state index contributed by atoms with van der Waals surface area (Å²) in [5.41, 5.74) is 0. The zero-order valence-electron chi connectivity index (χ0n) is 12.1. The van der Waals surface area contributed by atoms with E-state index < -0.39 is 10.0 Å². The highest BCUT2D eigenvalue weighted by atomic mass is 32.2. The van der Waals surface area contributed by atoms with Crippen molar-refractivity contribution >= 4 is 10.0 Å². The minimum absolute atomic E-state index is 0.531. The second-order valence-electron chi connectivity index (χ2n) is 5.85. The van der Waals surface area contributed by atoms with Crippen LogP contribution in [0, 0.1) is 11.8 Å². The number of sulfonamides is 1. The van der Waals surface area contributed by atoms with Gasteiger partial charge in [-0.15, -0.1) is 0 Å². The first-order valence-corrected chi connectivity index (χ1v) is 8.81. The molecule has 5 heteroatoms. The monoisotopic (exact) mass is 276 g/mol. The molecule has 1 fully saturated rings. The normalized spacial score (nSPS) is 24.4. The van der Waals surface area contributed by atoms with Gasteiger partial charge in [-0.1, -0.05) is 13.8 Å². The van der Waals surface area contributed by atoms with Gasteiger partial charge in [-0.25, -0.2) is 12.7 Å². The summed E-state index contributed by atoms with van der Waals surface area (Å²) in [6, 6.07) is 0.540. The van der Waals surface area contributed by atoms with Crippen LogP contribution < -0.4 is 5.32 Å². The molecule has 0 saturated carbocycles. The van der Waals surface area contributed by atoms with Crippen LogP contribution in [-0.2, 0) is 10.0 Å². The number of nitrogens with zero attached hydrogens (tertiary/aromatic N) is 1. The maximum atomic E-state index is 11.5. The van der Waals surface area contributed by atoms with Gasteiger partial charge in [-0.3, -0.25) is 0 Å². The summed E-state index contributed by atoms with van der Waals surface area (Å²) in [6.07, 6.45) is 5.75. The van der Waals surface area contributed by atoms with E-state index in [2.05, 4.69) is 19.2 Å². The van der Waals surface area contributed by atoms with E-state index in [-0.39, 0.29) is 0 Å². The Morgan fingerprint density at radius 3 is 2.56 bits per heavy atom. The molecule has 0 spiro atoms. The highest BCUT2D eigenvalue weighted by molar-refractivity contribution is 7.88. The summed E-state index contributed by atoms with van der Waals surface area (Å²) in [4.78, 5) is 0. The zero-order chi connectivity index (χ0) is 13.8. The summed E-state index contributed by atoms with van der Waals surface area (Å²) in [7, 11) is -0.993. The van der Waals surface area contributed by atoms with Crippen molar-refractivity contribution in [3.63, 3.8) is 0 Å². The van der Waals surface area contributed by atoms with E-state index in [1.54, 1.807) is 4.31 Å². The average molecular weight is 276 g/mol. The number of piperidine rings is 1. The largest absolute Gasteiger partial charge is 0.317 e. The topological polar surface area (TPSA) is 49.4 Å². The third-order valence-corrected chi connectivity index (χ3v) is 5.28. The van der Waals surface area contributed by atoms with Crippen molar-refractivity contribution in [2.45, 2.75) is 45.6 Å². The fourth-order valence-electron chi connectivity index (χ4n) is 2.79. The quantitative estimate of drug-likeness (QED) is 0.803. The van der Waals surface area contributed by atoms with E-state index in [1.807, 2.05) is 7.05 Å². The van der Waals surface area contributed by atoms with E-state index in [0.717, 1.165) is 19.3 Å². The second-order valence-corrected chi connectivity index (χ2v) is 7.83. The Kier molecular flexibility index (Phi) is 6.08. The summed E-state index contributed by atoms with van der Waals surface area (Å²) in [5.74, 6) is 1.16. The molecular formula is C13H28N2O2S. The van der Waals surface area contributed by atoms with Gasteiger partial charge in [0.1, 0.15) is 0 Å². The molecule has 2 atom stereocenters. The van der Waals surface area contributed by atoms with Crippen molar-refractivity contribution in [1.82, 2.24) is 9.62 Å². The Bertz CT molecular complexity index is 341. The maximum absolute atomic E-state index is 11.5. The van der Waals surface area contributed by atoms with Crippen LogP contribution in [0.25, 0.3) is 0 Å². The van der Waals surface area contributed by atoms with Gasteiger partial charge in [0.05, 0.1) is 6.26 Å². The number of nitrogens with one attached hydrogen (secondary N) is 1. The molecule has 18 heavy (non-hydrogen) atoms. The molecule has 2 unspecified atom stereocenters. The first-order chi connectivity index (χ1) is 8.34. The standard InChI is InChI=1S/C13H28N2O2S/c1-11(2)13(14-3)8-7-12-6-5-9-15(10-12)18(4,16)17/h11-14H,5-10H2,1-4H3. The van der Waals surface area contributed by atoms with Gasteiger partial charge in [0, 0.05) is 19.1 Å². The lowest BCUT2D eigenvalue weighted by Crippen LogP contribution is -2.40. The fraction of sp³-hybridized carbons (Fsp3) is 1.00. The van der Waals surface area contributed by atoms with Crippen molar-refractivity contribution < 1.29 is 8.42 Å². The van der Waals surface area contributed by atoms with Crippen LogP contribution in [0.3, 0.4) is 0 Å². The molecule has 1 rings (SSSR count). The molecule has 1 heterocycles. The first kappa shape index (κ1) is 15.9. The van der Waals surface area contributed by atoms with E-state index >= 15 is 0 Å². The molecule has 0 radical (unpaired) electrons. The molecule has 1 N–H and O–H groups in total. The van der Waals surface area contributed by atoms with Gasteiger partial charge in [0.2, 0.25) is 10.0 Å². The van der Waals surface area contributed by atoms with Crippen LogP contribution >= 0.6 is 0 Å². The summed E-state index contributed by atoms with van der Waals surface area (Å²) >= 11 is 0. The van der Waals surface area contributed by atoms with Gasteiger partial charge in [0.15, 0.2) is 0 Å². The molecule has 0 amide bonds. The minimum atomic E-state index is -3.00. The molecule has 0 aromatic heterocycles. The highest BCUT2D eigenvalue weighted by Gasteiger charge is 2.26. The van der Waals surface area contributed by atoms with Crippen LogP contribution in [0.2, 0.25) is 0 Å². The van der Waals surface area contributed by atoms with Crippen LogP contribution in [0.1, 0.15) is 39.5 Å². The SMILES string of the molecule is CNC(CCC1CCCN(S(C)(=O)=O)C1)C(C)C. The lowest BCUT2D eigenvalue weighted by molar-refractivity contribution is 0.240. The lowest BCUT2D eigenvalue weighted by atomic mass is 9.90. The van der Waals surface area contributed by atoms with Gasteiger partial charge in [-0.05, 0) is 44.6 Å². The minimum Gasteiger partial charge on any atom is -0.317 e. The van der Waals surface area contributed by atoms with E-state index in [4.69, 9.17) is 0 Å². The average Bonchev–Trinajstić information content (AvgIpc) is 2.28. The Morgan fingerprint density at radius 2 is 2.06 bits per heavy atom. The molecule has 0 aromatic rings. The molecule has 0 aliphatic carbocycles. The summed E-state index contributed by atoms with van der Waals surface area (Å²) < 4.78 is 24.7. The molecule has 0 aromatic carbocycles. The number of hydrogen-bond donors (Lipinski definition) is 1. The van der Waals surface area contributed by atoms with E-state index in [0.29, 0.717) is 31.0 Å². The van der Waals surface area contributed by atoms with Crippen molar-refractivity contribution in [2.24, 2.45) is 11.8 Å². The predicted molar refractivity (Wildman–Crippen MR) is 76.1 cm³/mol. The molecule has 1 saturated heterocycles. The second kappa shape index (κ2) is 6.87. The maximum Gasteiger partial charge on any atom is 0.211 e. The molecule has 1 aliphatic heterocycles. The first-order valence-electron chi connectivity index (χ1n) is 6.97. The third-order valence-electron chi connectivity index (χ3n) is 4.01. The third kappa shape index (κ3) is 4.86. The molecule has 1 aliphatic rings. The summed E-state index contributed by atoms with van der Waals surface area (Å²) in [5, 5.41) is 3.35. The zero-order valence-corrected chi connectivity index (χ0v) is 13.0. The number of hydrogen-bond acceptors (Lipinski definition) is 3. The van der Waals surface area contributed by atoms with Gasteiger partial charge >= 0.3 is 0 Å². The van der Waals surface area contributed by atoms with Crippen molar-refractivity contribution in [3.8, 4) is 0 Å². The van der Waals surface area contributed by atoms with E-state index in [1.165, 1.54) is 12.7 Å². The van der Waals surface area contributed by atoms with Crippen LogP contribution in [0.5, 0.6) is 0 Å². The Hall–Kier alpha value is -0.130. The number of rotatable bonds is 6. The smallest absolute Gasteiger partial charge is 0.211 e. The molecule has 0 bridgehead atoms. The van der Waals surface area contributed by atoms with E-state index in [9.17, 15) is 8.42 Å². The van der Waals surface area contributed by atoms with Crippen LogP contribution in [-0.4, -0.2) is 45.2 Å². The fourth-order valence-corrected chi connectivity index (χ4v) is 3.73. The Morgan fingerprint density at radius 1 is 1.39 bits per heavy atom. The Labute approximate surface area is 112 Å². The van der Waals surface area contributed by atoms with Crippen molar-refractivity contribution in [3.05, 3.63) is 0 Å². The predicted octanol–water partition coefficient (Wildman–Crippen LogP) is 1.68. The highest BCUT2D eigenvalue weighted by Crippen LogP contribution is 2.24. The molecular weight excluding hydrogens is 248 g/mol. The van der Waals surface area contributed by atoms with Gasteiger partial charge < -0.3 is 5.32 Å². The van der Waals surface area contributed by atoms with Gasteiger partial charge in [-0.2, -0.15) is 0 Å². The Balaban J connectivity index is 2.43.